The Kier molecular flexibility index (Phi) is 3.10. The van der Waals surface area contributed by atoms with Crippen molar-refractivity contribution in [2.24, 2.45) is 5.92 Å². The Morgan fingerprint density at radius 2 is 2.25 bits per heavy atom. The number of nitrogens with zero attached hydrogens (tertiary/aromatic N) is 3. The van der Waals surface area contributed by atoms with Gasteiger partial charge >= 0.3 is 5.97 Å². The van der Waals surface area contributed by atoms with Crippen LogP contribution in [0.25, 0.3) is 5.82 Å². The van der Waals surface area contributed by atoms with Crippen LogP contribution in [0.1, 0.15) is 23.7 Å². The van der Waals surface area contributed by atoms with E-state index in [2.05, 4.69) is 17.0 Å². The summed E-state index contributed by atoms with van der Waals surface area (Å²) in [6.45, 7) is 2.12. The molecule has 104 valence electrons. The lowest BCUT2D eigenvalue weighted by molar-refractivity contribution is 0.0696. The number of aromatic nitrogens is 3. The van der Waals surface area contributed by atoms with Crippen LogP contribution < -0.4 is 4.74 Å². The summed E-state index contributed by atoms with van der Waals surface area (Å²) in [7, 11) is 0. The molecule has 1 fully saturated rings. The van der Waals surface area contributed by atoms with Gasteiger partial charge in [0.1, 0.15) is 11.3 Å². The topological polar surface area (TPSA) is 77.2 Å². The second-order valence-electron chi connectivity index (χ2n) is 4.78. The van der Waals surface area contributed by atoms with Gasteiger partial charge in [-0.05, 0) is 24.5 Å². The van der Waals surface area contributed by atoms with Gasteiger partial charge in [-0.25, -0.2) is 14.5 Å². The summed E-state index contributed by atoms with van der Waals surface area (Å²) < 4.78 is 7.14. The zero-order valence-electron chi connectivity index (χ0n) is 10.7. The fourth-order valence-corrected chi connectivity index (χ4v) is 2.05. The van der Waals surface area contributed by atoms with Crippen molar-refractivity contribution < 1.29 is 14.6 Å². The van der Waals surface area contributed by atoms with Crippen LogP contribution in [0.3, 0.4) is 0 Å². The highest BCUT2D eigenvalue weighted by molar-refractivity contribution is 6.32. The molecule has 3 rings (SSSR count). The zero-order chi connectivity index (χ0) is 14.3. The van der Waals surface area contributed by atoms with Crippen molar-refractivity contribution in [2.45, 2.75) is 19.4 Å². The van der Waals surface area contributed by atoms with Gasteiger partial charge in [-0.3, -0.25) is 0 Å². The first-order valence-electron chi connectivity index (χ1n) is 6.17. The van der Waals surface area contributed by atoms with Crippen molar-refractivity contribution >= 4 is 17.6 Å². The summed E-state index contributed by atoms with van der Waals surface area (Å²) in [6, 6.07) is 4.69. The van der Waals surface area contributed by atoms with E-state index < -0.39 is 5.97 Å². The van der Waals surface area contributed by atoms with Gasteiger partial charge in [0.2, 0.25) is 5.88 Å². The maximum Gasteiger partial charge on any atom is 0.338 e. The van der Waals surface area contributed by atoms with E-state index in [0.29, 0.717) is 17.6 Å². The summed E-state index contributed by atoms with van der Waals surface area (Å²) in [5.41, 5.74) is -0.0362. The number of ether oxygens (including phenoxy) is 1. The van der Waals surface area contributed by atoms with E-state index in [1.807, 2.05) is 0 Å². The molecule has 0 bridgehead atoms. The molecular weight excluding hydrogens is 282 g/mol. The molecule has 2 atom stereocenters. The van der Waals surface area contributed by atoms with Crippen molar-refractivity contribution in [3.8, 4) is 11.7 Å². The Bertz CT molecular complexity index is 671. The van der Waals surface area contributed by atoms with Gasteiger partial charge in [-0.2, -0.15) is 0 Å². The van der Waals surface area contributed by atoms with Crippen molar-refractivity contribution in [3.63, 3.8) is 0 Å². The van der Waals surface area contributed by atoms with E-state index in [-0.39, 0.29) is 16.8 Å². The van der Waals surface area contributed by atoms with Gasteiger partial charge in [0.25, 0.3) is 0 Å². The average Bonchev–Trinajstić information content (AvgIpc) is 2.89. The smallest absolute Gasteiger partial charge is 0.338 e. The SMILES string of the molecule is C[C@@H]1C[C@@H]1Oc1ccn(-c2ccc(C(=O)O)c(Cl)n2)n1. The van der Waals surface area contributed by atoms with E-state index in [1.54, 1.807) is 18.3 Å². The normalized spacial score (nSPS) is 20.7. The summed E-state index contributed by atoms with van der Waals surface area (Å²) in [5, 5.41) is 13.1. The van der Waals surface area contributed by atoms with Crippen LogP contribution in [0.2, 0.25) is 5.15 Å². The minimum atomic E-state index is -1.11. The number of halogens is 1. The molecule has 7 heteroatoms. The highest BCUT2D eigenvalue weighted by Gasteiger charge is 2.35. The minimum Gasteiger partial charge on any atom is -0.478 e. The monoisotopic (exact) mass is 293 g/mol. The van der Waals surface area contributed by atoms with Crippen LogP contribution in [0.15, 0.2) is 24.4 Å². The van der Waals surface area contributed by atoms with Crippen molar-refractivity contribution in [2.75, 3.05) is 0 Å². The summed E-state index contributed by atoms with van der Waals surface area (Å²) in [5.74, 6) is 0.433. The molecule has 20 heavy (non-hydrogen) atoms. The number of aromatic carboxylic acids is 1. The first kappa shape index (κ1) is 12.9. The number of carboxylic acid groups (broad SMARTS) is 1. The Morgan fingerprint density at radius 1 is 1.50 bits per heavy atom. The standard InChI is InChI=1S/C13H12ClN3O3/c1-7-6-9(7)20-11-4-5-17(16-11)10-3-2-8(13(18)19)12(14)15-10/h2-5,7,9H,6H2,1H3,(H,18,19)/t7-,9+/m1/s1. The van der Waals surface area contributed by atoms with Crippen molar-refractivity contribution in [1.29, 1.82) is 0 Å². The molecule has 0 radical (unpaired) electrons. The molecule has 0 aliphatic heterocycles. The van der Waals surface area contributed by atoms with Gasteiger partial charge in [0.15, 0.2) is 5.82 Å². The lowest BCUT2D eigenvalue weighted by Crippen LogP contribution is -2.05. The maximum atomic E-state index is 10.9. The van der Waals surface area contributed by atoms with Crippen LogP contribution in [0.4, 0.5) is 0 Å². The number of carbonyl (C=O) groups is 1. The number of hydrogen-bond acceptors (Lipinski definition) is 4. The first-order chi connectivity index (χ1) is 9.54. The fourth-order valence-electron chi connectivity index (χ4n) is 1.82. The van der Waals surface area contributed by atoms with Gasteiger partial charge in [0, 0.05) is 12.3 Å². The van der Waals surface area contributed by atoms with Crippen LogP contribution in [0.5, 0.6) is 5.88 Å². The second kappa shape index (κ2) is 4.79. The third-order valence-electron chi connectivity index (χ3n) is 3.17. The molecule has 6 nitrogen and oxygen atoms in total. The largest absolute Gasteiger partial charge is 0.478 e. The van der Waals surface area contributed by atoms with Crippen LogP contribution in [-0.2, 0) is 0 Å². The molecule has 1 aliphatic carbocycles. The summed E-state index contributed by atoms with van der Waals surface area (Å²) in [4.78, 5) is 14.9. The number of carboxylic acids is 1. The predicted octanol–water partition coefficient (Wildman–Crippen LogP) is 2.41. The Morgan fingerprint density at radius 3 is 2.85 bits per heavy atom. The highest BCUT2D eigenvalue weighted by Crippen LogP contribution is 2.33. The quantitative estimate of drug-likeness (QED) is 0.876. The second-order valence-corrected chi connectivity index (χ2v) is 5.14. The molecule has 0 unspecified atom stereocenters. The third-order valence-corrected chi connectivity index (χ3v) is 3.46. The number of pyridine rings is 1. The first-order valence-corrected chi connectivity index (χ1v) is 6.55. The molecule has 2 heterocycles. The van der Waals surface area contributed by atoms with Gasteiger partial charge in [0.05, 0.1) is 5.56 Å². The van der Waals surface area contributed by atoms with E-state index in [9.17, 15) is 4.79 Å². The molecule has 0 amide bonds. The fraction of sp³-hybridized carbons (Fsp3) is 0.308. The highest BCUT2D eigenvalue weighted by atomic mass is 35.5. The number of hydrogen-bond donors (Lipinski definition) is 1. The molecule has 0 saturated heterocycles. The predicted molar refractivity (Wildman–Crippen MR) is 71.5 cm³/mol. The molecular formula is C13H12ClN3O3. The Labute approximate surface area is 120 Å². The molecule has 1 aliphatic rings. The summed E-state index contributed by atoms with van der Waals surface area (Å²) in [6.07, 6.45) is 2.98. The number of rotatable bonds is 4. The maximum absolute atomic E-state index is 10.9. The van der Waals surface area contributed by atoms with Crippen molar-refractivity contribution in [3.05, 3.63) is 35.1 Å². The minimum absolute atomic E-state index is 0.0362. The third kappa shape index (κ3) is 2.46. The van der Waals surface area contributed by atoms with Gasteiger partial charge < -0.3 is 9.84 Å². The molecule has 2 aromatic heterocycles. The van der Waals surface area contributed by atoms with Gasteiger partial charge in [-0.15, -0.1) is 5.10 Å². The van der Waals surface area contributed by atoms with E-state index >= 15 is 0 Å². The Hall–Kier alpha value is -2.08. The molecule has 1 saturated carbocycles. The lowest BCUT2D eigenvalue weighted by atomic mass is 10.3. The average molecular weight is 294 g/mol. The van der Waals surface area contributed by atoms with Crippen LogP contribution >= 0.6 is 11.6 Å². The van der Waals surface area contributed by atoms with E-state index in [1.165, 1.54) is 10.7 Å². The molecule has 1 N–H and O–H groups in total. The van der Waals surface area contributed by atoms with Gasteiger partial charge in [-0.1, -0.05) is 18.5 Å². The van der Waals surface area contributed by atoms with Crippen molar-refractivity contribution in [1.82, 2.24) is 14.8 Å². The summed E-state index contributed by atoms with van der Waals surface area (Å²) >= 11 is 5.83. The van der Waals surface area contributed by atoms with Crippen LogP contribution in [-0.4, -0.2) is 31.9 Å². The molecule has 0 spiro atoms. The van der Waals surface area contributed by atoms with Crippen LogP contribution in [0, 0.1) is 5.92 Å². The molecule has 0 aromatic carbocycles. The Balaban J connectivity index is 1.82. The molecule has 2 aromatic rings. The van der Waals surface area contributed by atoms with E-state index in [4.69, 9.17) is 21.4 Å². The lowest BCUT2D eigenvalue weighted by Gasteiger charge is -2.03. The van der Waals surface area contributed by atoms with E-state index in [0.717, 1.165) is 6.42 Å². The zero-order valence-corrected chi connectivity index (χ0v) is 11.4.